The summed E-state index contributed by atoms with van der Waals surface area (Å²) in [7, 11) is 1.72. The van der Waals surface area contributed by atoms with Crippen LogP contribution in [-0.4, -0.2) is 25.5 Å². The first-order chi connectivity index (χ1) is 12.3. The van der Waals surface area contributed by atoms with Gasteiger partial charge in [-0.3, -0.25) is 14.2 Å². The van der Waals surface area contributed by atoms with Gasteiger partial charge in [0.25, 0.3) is 5.91 Å². The van der Waals surface area contributed by atoms with Crippen molar-refractivity contribution >= 4 is 62.5 Å². The van der Waals surface area contributed by atoms with Gasteiger partial charge in [0.15, 0.2) is 11.5 Å². The number of hydrogen-bond donors (Lipinski definition) is 1. The van der Waals surface area contributed by atoms with E-state index in [1.54, 1.807) is 41.7 Å². The largest absolute Gasteiger partial charge is 0.303 e. The molecule has 0 aliphatic carbocycles. The minimum atomic E-state index is -0.436. The Morgan fingerprint density at radius 2 is 2.00 bits per heavy atom. The van der Waals surface area contributed by atoms with Crippen molar-refractivity contribution in [3.05, 3.63) is 60.9 Å². The number of aromatic nitrogens is 4. The van der Waals surface area contributed by atoms with E-state index in [1.807, 2.05) is 6.07 Å². The van der Waals surface area contributed by atoms with Crippen LogP contribution in [0.1, 0.15) is 21.7 Å². The summed E-state index contributed by atoms with van der Waals surface area (Å²) >= 11 is 21.6. The number of nitrogens with one attached hydrogen (secondary N) is 1. The molecule has 0 radical (unpaired) electrons. The van der Waals surface area contributed by atoms with E-state index in [0.717, 1.165) is 5.56 Å². The molecule has 2 heterocycles. The first-order valence-electron chi connectivity index (χ1n) is 7.43. The average Bonchev–Trinajstić information content (AvgIpc) is 3.04. The van der Waals surface area contributed by atoms with Crippen molar-refractivity contribution < 1.29 is 4.79 Å². The summed E-state index contributed by atoms with van der Waals surface area (Å²) in [6, 6.07) is 5.26. The number of carbonyl (C=O) groups excluding carboxylic acids is 1. The van der Waals surface area contributed by atoms with Crippen LogP contribution in [0.15, 0.2) is 28.9 Å². The molecule has 10 heteroatoms. The van der Waals surface area contributed by atoms with Crippen LogP contribution in [0, 0.1) is 6.92 Å². The highest BCUT2D eigenvalue weighted by atomic mass is 79.9. The van der Waals surface area contributed by atoms with Gasteiger partial charge in [-0.25, -0.2) is 0 Å². The molecule has 0 spiro atoms. The molecule has 0 aliphatic heterocycles. The Kier molecular flexibility index (Phi) is 5.62. The first-order valence-corrected chi connectivity index (χ1v) is 9.36. The minimum Gasteiger partial charge on any atom is -0.303 e. The van der Waals surface area contributed by atoms with Gasteiger partial charge < -0.3 is 5.32 Å². The molecule has 1 amide bonds. The molecule has 26 heavy (non-hydrogen) atoms. The van der Waals surface area contributed by atoms with Gasteiger partial charge in [-0.2, -0.15) is 10.2 Å². The number of aryl methyl sites for hydroxylation is 1. The molecule has 0 atom stereocenters. The predicted molar refractivity (Wildman–Crippen MR) is 106 cm³/mol. The molecule has 3 rings (SSSR count). The predicted octanol–water partition coefficient (Wildman–Crippen LogP) is 4.95. The molecule has 6 nitrogen and oxygen atoms in total. The molecule has 2 aromatic heterocycles. The molecule has 1 aromatic carbocycles. The molecule has 0 bridgehead atoms. The maximum Gasteiger partial charge on any atom is 0.278 e. The van der Waals surface area contributed by atoms with Crippen LogP contribution in [-0.2, 0) is 13.6 Å². The second-order valence-corrected chi connectivity index (χ2v) is 7.66. The van der Waals surface area contributed by atoms with Gasteiger partial charge in [0, 0.05) is 23.3 Å². The number of benzene rings is 1. The van der Waals surface area contributed by atoms with Crippen molar-refractivity contribution in [1.82, 2.24) is 19.6 Å². The molecule has 0 unspecified atom stereocenters. The Hall–Kier alpha value is -1.54. The zero-order valence-corrected chi connectivity index (χ0v) is 17.6. The van der Waals surface area contributed by atoms with Crippen molar-refractivity contribution in [2.24, 2.45) is 7.05 Å². The van der Waals surface area contributed by atoms with Crippen LogP contribution in [0.2, 0.25) is 15.1 Å². The summed E-state index contributed by atoms with van der Waals surface area (Å²) in [5, 5.41) is 12.6. The summed E-state index contributed by atoms with van der Waals surface area (Å²) in [6.07, 6.45) is 1.74. The molecule has 136 valence electrons. The third-order valence-corrected chi connectivity index (χ3v) is 5.39. The van der Waals surface area contributed by atoms with Crippen molar-refractivity contribution in [1.29, 1.82) is 0 Å². The van der Waals surface area contributed by atoms with Crippen LogP contribution >= 0.6 is 50.7 Å². The fraction of sp³-hybridized carbons (Fsp3) is 0.188. The highest BCUT2D eigenvalue weighted by Gasteiger charge is 2.20. The summed E-state index contributed by atoms with van der Waals surface area (Å²) in [5.41, 5.74) is 1.71. The lowest BCUT2D eigenvalue weighted by molar-refractivity contribution is 0.102. The Bertz CT molecular complexity index is 998. The van der Waals surface area contributed by atoms with E-state index in [0.29, 0.717) is 37.6 Å². The number of halogens is 4. The standard InChI is InChI=1S/C16H13BrCl3N5O/c1-8-13(20)14(22-24(8)2)16(26)21-15-11(17)7-25(23-15)6-9-3-4-10(18)5-12(9)19/h3-5,7H,6H2,1-2H3,(H,21,23,26). The number of rotatable bonds is 4. The Labute approximate surface area is 173 Å². The lowest BCUT2D eigenvalue weighted by atomic mass is 10.2. The van der Waals surface area contributed by atoms with Gasteiger partial charge >= 0.3 is 0 Å². The molecule has 0 saturated heterocycles. The molecule has 0 aliphatic rings. The van der Waals surface area contributed by atoms with Crippen molar-refractivity contribution in [3.63, 3.8) is 0 Å². The monoisotopic (exact) mass is 475 g/mol. The van der Waals surface area contributed by atoms with Gasteiger partial charge in [-0.15, -0.1) is 0 Å². The number of hydrogen-bond acceptors (Lipinski definition) is 3. The number of amides is 1. The second kappa shape index (κ2) is 7.60. The van der Waals surface area contributed by atoms with Gasteiger partial charge in [0.2, 0.25) is 0 Å². The maximum absolute atomic E-state index is 12.4. The summed E-state index contributed by atoms with van der Waals surface area (Å²) in [4.78, 5) is 12.4. The second-order valence-electron chi connectivity index (χ2n) is 5.58. The maximum atomic E-state index is 12.4. The highest BCUT2D eigenvalue weighted by molar-refractivity contribution is 9.10. The summed E-state index contributed by atoms with van der Waals surface area (Å²) < 4.78 is 3.83. The lowest BCUT2D eigenvalue weighted by Crippen LogP contribution is -2.14. The van der Waals surface area contributed by atoms with E-state index in [9.17, 15) is 4.79 Å². The summed E-state index contributed by atoms with van der Waals surface area (Å²) in [5.74, 6) is -0.0753. The van der Waals surface area contributed by atoms with Crippen LogP contribution < -0.4 is 5.32 Å². The fourth-order valence-electron chi connectivity index (χ4n) is 2.28. The number of nitrogens with zero attached hydrogens (tertiary/aromatic N) is 4. The zero-order valence-electron chi connectivity index (χ0n) is 13.7. The van der Waals surface area contributed by atoms with Gasteiger partial charge in [0.05, 0.1) is 21.7 Å². The topological polar surface area (TPSA) is 64.7 Å². The number of anilines is 1. The normalized spacial score (nSPS) is 11.0. The lowest BCUT2D eigenvalue weighted by Gasteiger charge is -2.05. The molecular weight excluding hydrogens is 464 g/mol. The van der Waals surface area contributed by atoms with Gasteiger partial charge in [-0.05, 0) is 40.5 Å². The molecular formula is C16H13BrCl3N5O. The fourth-order valence-corrected chi connectivity index (χ4v) is 3.41. The zero-order chi connectivity index (χ0) is 19.0. The average molecular weight is 478 g/mol. The van der Waals surface area contributed by atoms with Gasteiger partial charge in [-0.1, -0.05) is 40.9 Å². The van der Waals surface area contributed by atoms with E-state index < -0.39 is 5.91 Å². The van der Waals surface area contributed by atoms with Crippen LogP contribution in [0.3, 0.4) is 0 Å². The Morgan fingerprint density at radius 3 is 2.62 bits per heavy atom. The smallest absolute Gasteiger partial charge is 0.278 e. The Balaban J connectivity index is 1.79. The molecule has 3 aromatic rings. The first kappa shape index (κ1) is 19.2. The van der Waals surface area contributed by atoms with Crippen LogP contribution in [0.4, 0.5) is 5.82 Å². The van der Waals surface area contributed by atoms with Crippen molar-refractivity contribution in [2.75, 3.05) is 5.32 Å². The molecule has 0 fully saturated rings. The third-order valence-electron chi connectivity index (χ3n) is 3.77. The van der Waals surface area contributed by atoms with Crippen molar-refractivity contribution in [2.45, 2.75) is 13.5 Å². The van der Waals surface area contributed by atoms with Crippen LogP contribution in [0.25, 0.3) is 0 Å². The van der Waals surface area contributed by atoms with E-state index in [4.69, 9.17) is 34.8 Å². The van der Waals surface area contributed by atoms with E-state index in [1.165, 1.54) is 0 Å². The van der Waals surface area contributed by atoms with Crippen LogP contribution in [0.5, 0.6) is 0 Å². The molecule has 1 N–H and O–H groups in total. The van der Waals surface area contributed by atoms with Crippen molar-refractivity contribution in [3.8, 4) is 0 Å². The molecule has 0 saturated carbocycles. The van der Waals surface area contributed by atoms with E-state index >= 15 is 0 Å². The number of carbonyl (C=O) groups is 1. The Morgan fingerprint density at radius 1 is 1.27 bits per heavy atom. The third kappa shape index (κ3) is 3.91. The van der Waals surface area contributed by atoms with E-state index in [-0.39, 0.29) is 5.69 Å². The van der Waals surface area contributed by atoms with Gasteiger partial charge in [0.1, 0.15) is 0 Å². The minimum absolute atomic E-state index is 0.147. The summed E-state index contributed by atoms with van der Waals surface area (Å²) in [6.45, 7) is 2.21. The van der Waals surface area contributed by atoms with E-state index in [2.05, 4.69) is 31.4 Å². The SMILES string of the molecule is Cc1c(Cl)c(C(=O)Nc2nn(Cc3ccc(Cl)cc3Cl)cc2Br)nn1C. The quantitative estimate of drug-likeness (QED) is 0.578. The highest BCUT2D eigenvalue weighted by Crippen LogP contribution is 2.26.